The maximum absolute atomic E-state index is 11.6. The Hall–Kier alpha value is -2.17. The predicted molar refractivity (Wildman–Crippen MR) is 58.7 cm³/mol. The highest BCUT2D eigenvalue weighted by Crippen LogP contribution is 2.11. The first-order chi connectivity index (χ1) is 8.11. The van der Waals surface area contributed by atoms with Crippen molar-refractivity contribution >= 4 is 17.7 Å². The fraction of sp³-hybridized carbons (Fsp3) is 0.250. The van der Waals surface area contributed by atoms with Gasteiger partial charge < -0.3 is 9.47 Å². The average molecular weight is 236 g/mol. The number of esters is 2. The molecule has 0 aliphatic rings. The lowest BCUT2D eigenvalue weighted by Crippen LogP contribution is -2.19. The van der Waals surface area contributed by atoms with E-state index in [9.17, 15) is 14.4 Å². The predicted octanol–water partition coefficient (Wildman–Crippen LogP) is 1.22. The highest BCUT2D eigenvalue weighted by atomic mass is 16.5. The standard InChI is InChI=1S/C12H12O5/c1-3-17-11(14)9-7-5-4-6-8(9)10(13)12(15)16-2/h4-7H,3H2,1-2H3. The van der Waals surface area contributed by atoms with Crippen LogP contribution in [0.2, 0.25) is 0 Å². The molecular formula is C12H12O5. The molecule has 0 heterocycles. The Bertz CT molecular complexity index is 450. The maximum Gasteiger partial charge on any atom is 0.379 e. The third kappa shape index (κ3) is 2.90. The first-order valence-electron chi connectivity index (χ1n) is 5.00. The second kappa shape index (κ2) is 5.79. The van der Waals surface area contributed by atoms with Crippen LogP contribution in [0.3, 0.4) is 0 Å². The molecule has 0 saturated heterocycles. The zero-order chi connectivity index (χ0) is 12.8. The second-order valence-corrected chi connectivity index (χ2v) is 3.09. The number of hydrogen-bond acceptors (Lipinski definition) is 5. The summed E-state index contributed by atoms with van der Waals surface area (Å²) < 4.78 is 9.11. The minimum absolute atomic E-state index is 0.0159. The molecule has 0 N–H and O–H groups in total. The summed E-state index contributed by atoms with van der Waals surface area (Å²) in [6.07, 6.45) is 0. The van der Waals surface area contributed by atoms with Crippen molar-refractivity contribution in [1.82, 2.24) is 0 Å². The van der Waals surface area contributed by atoms with Crippen LogP contribution in [0.25, 0.3) is 0 Å². The van der Waals surface area contributed by atoms with Crippen LogP contribution in [0.1, 0.15) is 27.6 Å². The molecular weight excluding hydrogens is 224 g/mol. The van der Waals surface area contributed by atoms with E-state index in [-0.39, 0.29) is 17.7 Å². The molecule has 0 aliphatic carbocycles. The highest BCUT2D eigenvalue weighted by molar-refractivity contribution is 6.41. The van der Waals surface area contributed by atoms with E-state index in [1.54, 1.807) is 19.1 Å². The lowest BCUT2D eigenvalue weighted by Gasteiger charge is -2.06. The maximum atomic E-state index is 11.6. The van der Waals surface area contributed by atoms with Gasteiger partial charge in [0.2, 0.25) is 0 Å². The molecule has 0 fully saturated rings. The zero-order valence-corrected chi connectivity index (χ0v) is 9.56. The van der Waals surface area contributed by atoms with Gasteiger partial charge >= 0.3 is 11.9 Å². The number of carbonyl (C=O) groups is 3. The summed E-state index contributed by atoms with van der Waals surface area (Å²) in [7, 11) is 1.10. The van der Waals surface area contributed by atoms with Crippen LogP contribution in [0, 0.1) is 0 Å². The molecule has 1 aromatic rings. The third-order valence-corrected chi connectivity index (χ3v) is 2.04. The number of ether oxygens (including phenoxy) is 2. The van der Waals surface area contributed by atoms with E-state index in [0.29, 0.717) is 0 Å². The number of methoxy groups -OCH3 is 1. The number of rotatable bonds is 4. The molecule has 1 aromatic carbocycles. The van der Waals surface area contributed by atoms with Crippen molar-refractivity contribution in [2.24, 2.45) is 0 Å². The van der Waals surface area contributed by atoms with Gasteiger partial charge in [0.25, 0.3) is 5.78 Å². The summed E-state index contributed by atoms with van der Waals surface area (Å²) in [5, 5.41) is 0. The second-order valence-electron chi connectivity index (χ2n) is 3.09. The molecule has 17 heavy (non-hydrogen) atoms. The summed E-state index contributed by atoms with van der Waals surface area (Å²) in [5.41, 5.74) is 0.0440. The van der Waals surface area contributed by atoms with Gasteiger partial charge in [-0.1, -0.05) is 12.1 Å². The minimum atomic E-state index is -1.01. The van der Waals surface area contributed by atoms with Crippen molar-refractivity contribution in [3.8, 4) is 0 Å². The van der Waals surface area contributed by atoms with E-state index in [1.165, 1.54) is 12.1 Å². The van der Waals surface area contributed by atoms with Crippen molar-refractivity contribution in [2.75, 3.05) is 13.7 Å². The average Bonchev–Trinajstić information content (AvgIpc) is 2.37. The van der Waals surface area contributed by atoms with Crippen LogP contribution >= 0.6 is 0 Å². The zero-order valence-electron chi connectivity index (χ0n) is 9.56. The Labute approximate surface area is 98.3 Å². The molecule has 0 spiro atoms. The van der Waals surface area contributed by atoms with Gasteiger partial charge in [0, 0.05) is 5.56 Å². The molecule has 90 valence electrons. The minimum Gasteiger partial charge on any atom is -0.463 e. The van der Waals surface area contributed by atoms with Crippen molar-refractivity contribution in [1.29, 1.82) is 0 Å². The number of benzene rings is 1. The molecule has 0 aliphatic heterocycles. The van der Waals surface area contributed by atoms with Gasteiger partial charge in [-0.15, -0.1) is 0 Å². The monoisotopic (exact) mass is 236 g/mol. The summed E-state index contributed by atoms with van der Waals surface area (Å²) in [4.78, 5) is 34.3. The van der Waals surface area contributed by atoms with Crippen molar-refractivity contribution in [3.63, 3.8) is 0 Å². The smallest absolute Gasteiger partial charge is 0.379 e. The van der Waals surface area contributed by atoms with Gasteiger partial charge in [-0.2, -0.15) is 0 Å². The van der Waals surface area contributed by atoms with E-state index in [4.69, 9.17) is 4.74 Å². The van der Waals surface area contributed by atoms with Crippen LogP contribution in [0.4, 0.5) is 0 Å². The number of ketones is 1. The van der Waals surface area contributed by atoms with Crippen LogP contribution in [0.15, 0.2) is 24.3 Å². The number of carbonyl (C=O) groups excluding carboxylic acids is 3. The Morgan fingerprint density at radius 3 is 2.24 bits per heavy atom. The Morgan fingerprint density at radius 2 is 1.71 bits per heavy atom. The highest BCUT2D eigenvalue weighted by Gasteiger charge is 2.23. The molecule has 5 nitrogen and oxygen atoms in total. The largest absolute Gasteiger partial charge is 0.463 e. The van der Waals surface area contributed by atoms with Crippen LogP contribution in [-0.2, 0) is 14.3 Å². The third-order valence-electron chi connectivity index (χ3n) is 2.04. The van der Waals surface area contributed by atoms with E-state index < -0.39 is 17.7 Å². The lowest BCUT2D eigenvalue weighted by molar-refractivity contribution is -0.135. The first-order valence-corrected chi connectivity index (χ1v) is 5.00. The van der Waals surface area contributed by atoms with E-state index in [0.717, 1.165) is 7.11 Å². The van der Waals surface area contributed by atoms with Gasteiger partial charge in [0.05, 0.1) is 19.3 Å². The van der Waals surface area contributed by atoms with E-state index in [2.05, 4.69) is 4.74 Å². The van der Waals surface area contributed by atoms with Crippen LogP contribution in [0.5, 0.6) is 0 Å². The van der Waals surface area contributed by atoms with Gasteiger partial charge in [0.1, 0.15) is 0 Å². The van der Waals surface area contributed by atoms with Gasteiger partial charge in [-0.05, 0) is 19.1 Å². The SMILES string of the molecule is CCOC(=O)c1ccccc1C(=O)C(=O)OC. The quantitative estimate of drug-likeness (QED) is 0.446. The molecule has 0 aromatic heterocycles. The fourth-order valence-corrected chi connectivity index (χ4v) is 1.27. The fourth-order valence-electron chi connectivity index (χ4n) is 1.27. The van der Waals surface area contributed by atoms with E-state index in [1.807, 2.05) is 0 Å². The molecule has 5 heteroatoms. The molecule has 0 amide bonds. The summed E-state index contributed by atoms with van der Waals surface area (Å²) in [6.45, 7) is 1.85. The molecule has 0 bridgehead atoms. The van der Waals surface area contributed by atoms with Crippen molar-refractivity contribution in [3.05, 3.63) is 35.4 Å². The molecule has 0 radical (unpaired) electrons. The number of hydrogen-bond donors (Lipinski definition) is 0. The molecule has 0 saturated carbocycles. The lowest BCUT2D eigenvalue weighted by atomic mass is 10.0. The summed E-state index contributed by atoms with van der Waals surface area (Å²) >= 11 is 0. The molecule has 1 rings (SSSR count). The Morgan fingerprint density at radius 1 is 1.12 bits per heavy atom. The first kappa shape index (κ1) is 12.9. The van der Waals surface area contributed by atoms with Crippen molar-refractivity contribution < 1.29 is 23.9 Å². The normalized spacial score (nSPS) is 9.53. The van der Waals surface area contributed by atoms with Crippen LogP contribution in [-0.4, -0.2) is 31.4 Å². The van der Waals surface area contributed by atoms with Crippen LogP contribution < -0.4 is 0 Å². The van der Waals surface area contributed by atoms with Crippen molar-refractivity contribution in [2.45, 2.75) is 6.92 Å². The van der Waals surface area contributed by atoms with Gasteiger partial charge in [-0.25, -0.2) is 9.59 Å². The Kier molecular flexibility index (Phi) is 4.39. The van der Waals surface area contributed by atoms with Gasteiger partial charge in [-0.3, -0.25) is 4.79 Å². The summed E-state index contributed by atoms with van der Waals surface area (Å²) in [5.74, 6) is -2.52. The van der Waals surface area contributed by atoms with E-state index >= 15 is 0 Å². The van der Waals surface area contributed by atoms with Gasteiger partial charge in [0.15, 0.2) is 0 Å². The Balaban J connectivity index is 3.12. The molecule has 0 atom stereocenters. The summed E-state index contributed by atoms with van der Waals surface area (Å²) in [6, 6.07) is 5.94. The molecule has 0 unspecified atom stereocenters. The number of Topliss-reactive ketones (excluding diaryl/α,β-unsaturated/α-hetero) is 1. The topological polar surface area (TPSA) is 69.7 Å².